The predicted molar refractivity (Wildman–Crippen MR) is 253 cm³/mol. The number of aromatic nitrogens is 2. The zero-order valence-corrected chi connectivity index (χ0v) is 38.8. The summed E-state index contributed by atoms with van der Waals surface area (Å²) in [5, 5.41) is 9.52. The number of nitrogens with one attached hydrogen (secondary N) is 3. The molecule has 3 aromatic carbocycles. The van der Waals surface area contributed by atoms with Gasteiger partial charge in [0.1, 0.15) is 22.8 Å². The van der Waals surface area contributed by atoms with Gasteiger partial charge in [-0.1, -0.05) is 41.7 Å². The molecule has 4 heterocycles. The largest absolute Gasteiger partial charge is 0.494 e. The number of nitrogens with zero attached hydrogens (tertiary/aromatic N) is 7. The molecule has 7 rings (SSSR count). The van der Waals surface area contributed by atoms with Crippen LogP contribution in [0.1, 0.15) is 53.3 Å². The summed E-state index contributed by atoms with van der Waals surface area (Å²) in [6, 6.07) is 17.5. The van der Waals surface area contributed by atoms with E-state index in [2.05, 4.69) is 46.1 Å². The summed E-state index contributed by atoms with van der Waals surface area (Å²) in [5.41, 5.74) is 3.74. The Morgan fingerprint density at radius 2 is 1.72 bits per heavy atom. The van der Waals surface area contributed by atoms with E-state index in [1.54, 1.807) is 49.2 Å². The average molecular weight is 928 g/mol. The number of ether oxygens (including phenoxy) is 2. The Hall–Kier alpha value is -6.11. The van der Waals surface area contributed by atoms with Gasteiger partial charge in [-0.25, -0.2) is 4.98 Å². The highest BCUT2D eigenvalue weighted by molar-refractivity contribution is 7.99. The van der Waals surface area contributed by atoms with Gasteiger partial charge in [0.15, 0.2) is 11.9 Å². The van der Waals surface area contributed by atoms with Gasteiger partial charge >= 0.3 is 0 Å². The lowest BCUT2D eigenvalue weighted by atomic mass is 9.95. The van der Waals surface area contributed by atoms with Crippen molar-refractivity contribution < 1.29 is 33.4 Å². The lowest BCUT2D eigenvalue weighted by Crippen LogP contribution is -2.50. The minimum atomic E-state index is -1.11. The molecule has 0 spiro atoms. The van der Waals surface area contributed by atoms with Crippen LogP contribution >= 0.6 is 23.5 Å². The van der Waals surface area contributed by atoms with Crippen molar-refractivity contribution in [2.24, 2.45) is 5.92 Å². The van der Waals surface area contributed by atoms with Crippen molar-refractivity contribution in [1.82, 2.24) is 30.0 Å². The first-order valence-corrected chi connectivity index (χ1v) is 23.2. The van der Waals surface area contributed by atoms with Crippen molar-refractivity contribution in [3.63, 3.8) is 0 Å². The Balaban J connectivity index is 0.881. The molecule has 3 aliphatic heterocycles. The van der Waals surface area contributed by atoms with Gasteiger partial charge in [0.2, 0.25) is 11.9 Å². The van der Waals surface area contributed by atoms with Crippen LogP contribution in [0.4, 0.5) is 34.5 Å². The molecule has 1 aromatic heterocycles. The van der Waals surface area contributed by atoms with Gasteiger partial charge < -0.3 is 44.3 Å². The predicted octanol–water partition coefficient (Wildman–Crippen LogP) is 5.86. The lowest BCUT2D eigenvalue weighted by molar-refractivity contribution is -0.139. The smallest absolute Gasteiger partial charge is 0.265 e. The lowest BCUT2D eigenvalue weighted by Gasteiger charge is -2.40. The second-order valence-corrected chi connectivity index (χ2v) is 17.4. The van der Waals surface area contributed by atoms with Crippen LogP contribution in [0.5, 0.6) is 11.5 Å². The quantitative estimate of drug-likeness (QED) is 0.0613. The monoisotopic (exact) mass is 926 g/mol. The summed E-state index contributed by atoms with van der Waals surface area (Å²) >= 11 is 8.12. The average Bonchev–Trinajstić information content (AvgIpc) is 3.59. The van der Waals surface area contributed by atoms with E-state index in [4.69, 9.17) is 21.1 Å². The van der Waals surface area contributed by atoms with E-state index in [0.717, 1.165) is 73.2 Å². The maximum absolute atomic E-state index is 13.6. The van der Waals surface area contributed by atoms with Gasteiger partial charge in [0, 0.05) is 84.3 Å². The number of halogens is 1. The number of benzene rings is 3. The zero-order valence-electron chi connectivity index (χ0n) is 37.2. The highest BCUT2D eigenvalue weighted by Gasteiger charge is 2.43. The molecule has 2 saturated heterocycles. The molecule has 19 heteroatoms. The molecule has 17 nitrogen and oxygen atoms in total. The van der Waals surface area contributed by atoms with Crippen LogP contribution in [0, 0.1) is 5.92 Å². The van der Waals surface area contributed by atoms with Crippen LogP contribution in [-0.2, 0) is 14.4 Å². The van der Waals surface area contributed by atoms with E-state index in [0.29, 0.717) is 47.8 Å². The number of methoxy groups -OCH3 is 1. The molecular weight excluding hydrogens is 872 g/mol. The molecule has 65 heavy (non-hydrogen) atoms. The zero-order chi connectivity index (χ0) is 46.2. The molecule has 4 amide bonds. The maximum atomic E-state index is 13.6. The topological polar surface area (TPSA) is 182 Å². The molecule has 0 radical (unpaired) electrons. The van der Waals surface area contributed by atoms with E-state index >= 15 is 0 Å². The molecule has 0 bridgehead atoms. The minimum Gasteiger partial charge on any atom is -0.494 e. The highest BCUT2D eigenvalue weighted by Crippen LogP contribution is 2.36. The number of carbonyl (C=O) groups is 5. The Morgan fingerprint density at radius 1 is 0.969 bits per heavy atom. The van der Waals surface area contributed by atoms with Crippen LogP contribution in [0.2, 0.25) is 5.02 Å². The van der Waals surface area contributed by atoms with Gasteiger partial charge in [0.05, 0.1) is 47.5 Å². The second-order valence-electron chi connectivity index (χ2n) is 16.1. The number of piperazine rings is 1. The number of piperidine rings is 1. The SMILES string of the molecule is CNC(=O)CCC(C=O)N1C(=O)c2cccc(OC(C)C(=O)N3CCC(CN4CCN(c5ccc(Nc6ncc(Cl)c(Nc7ccccc7N(C)SC)n6)c(OC)c5)CC4)CC3)c2C1=O. The number of para-hydroxylation sites is 2. The van der Waals surface area contributed by atoms with E-state index in [9.17, 15) is 24.0 Å². The van der Waals surface area contributed by atoms with Gasteiger partial charge in [0.25, 0.3) is 17.7 Å². The van der Waals surface area contributed by atoms with Crippen LogP contribution in [0.15, 0.2) is 66.9 Å². The molecule has 3 N–H and O–H groups in total. The molecule has 0 saturated carbocycles. The van der Waals surface area contributed by atoms with Crippen molar-refractivity contribution in [1.29, 1.82) is 0 Å². The van der Waals surface area contributed by atoms with E-state index in [-0.39, 0.29) is 41.5 Å². The number of rotatable bonds is 18. The van der Waals surface area contributed by atoms with Gasteiger partial charge in [-0.3, -0.25) is 29.0 Å². The van der Waals surface area contributed by atoms with Gasteiger partial charge in [-0.15, -0.1) is 0 Å². The number of aldehydes is 1. The third-order valence-corrected chi connectivity index (χ3v) is 13.1. The van der Waals surface area contributed by atoms with Crippen molar-refractivity contribution in [2.45, 2.75) is 44.8 Å². The van der Waals surface area contributed by atoms with E-state index < -0.39 is 24.0 Å². The molecule has 3 aliphatic rings. The Labute approximate surface area is 388 Å². The molecule has 2 unspecified atom stereocenters. The summed E-state index contributed by atoms with van der Waals surface area (Å²) in [6.07, 6.45) is 4.83. The fraction of sp³-hybridized carbons (Fsp3) is 0.413. The van der Waals surface area contributed by atoms with Crippen molar-refractivity contribution in [3.8, 4) is 11.5 Å². The minimum absolute atomic E-state index is 0.00762. The maximum Gasteiger partial charge on any atom is 0.265 e. The summed E-state index contributed by atoms with van der Waals surface area (Å²) < 4.78 is 13.9. The third-order valence-electron chi connectivity index (χ3n) is 12.1. The fourth-order valence-electron chi connectivity index (χ4n) is 8.42. The summed E-state index contributed by atoms with van der Waals surface area (Å²) in [5.74, 6) is 0.208. The Bertz CT molecular complexity index is 2390. The molecule has 4 aromatic rings. The van der Waals surface area contributed by atoms with Crippen molar-refractivity contribution in [3.05, 3.63) is 83.0 Å². The van der Waals surface area contributed by atoms with E-state index in [1.807, 2.05) is 49.7 Å². The van der Waals surface area contributed by atoms with Crippen LogP contribution in [0.3, 0.4) is 0 Å². The second kappa shape index (κ2) is 21.3. The molecule has 2 atom stereocenters. The number of amides is 4. The Morgan fingerprint density at radius 3 is 2.43 bits per heavy atom. The summed E-state index contributed by atoms with van der Waals surface area (Å²) in [6.45, 7) is 7.26. The number of carbonyl (C=O) groups excluding carboxylic acids is 5. The van der Waals surface area contributed by atoms with Gasteiger partial charge in [-0.2, -0.15) is 4.98 Å². The van der Waals surface area contributed by atoms with Crippen LogP contribution in [0.25, 0.3) is 0 Å². The fourth-order valence-corrected chi connectivity index (χ4v) is 8.91. The number of anilines is 6. The molecule has 2 fully saturated rings. The van der Waals surface area contributed by atoms with Crippen LogP contribution < -0.4 is 34.6 Å². The number of imide groups is 1. The van der Waals surface area contributed by atoms with Gasteiger partial charge in [-0.05, 0) is 68.5 Å². The number of likely N-dealkylation sites (tertiary alicyclic amines) is 1. The number of hydrogen-bond donors (Lipinski definition) is 3. The first-order chi connectivity index (χ1) is 31.4. The highest BCUT2D eigenvalue weighted by atomic mass is 35.5. The number of hydrogen-bond acceptors (Lipinski definition) is 15. The normalized spacial score (nSPS) is 16.4. The first-order valence-electron chi connectivity index (χ1n) is 21.6. The van der Waals surface area contributed by atoms with Crippen molar-refractivity contribution in [2.75, 3.05) is 93.1 Å². The first kappa shape index (κ1) is 46.9. The standard InChI is InChI=1S/C46H55ClN10O7S/c1-29(64-38-12-8-9-33-41(38)45(62)57(44(33)61)32(28-58)14-16-40(59)48-2)43(60)56-19-17-30(18-20-56)27-54-21-23-55(24-22-54)31-13-15-36(39(25-31)63-4)51-46-49-26-34(47)42(52-46)50-35-10-6-7-11-37(35)53(3)65-5/h6-13,15,25-26,28-30,32H,14,16-24,27H2,1-5H3,(H,48,59)(H2,49,50,51,52). The third kappa shape index (κ3) is 10.7. The van der Waals surface area contributed by atoms with E-state index in [1.165, 1.54) is 13.1 Å². The Kier molecular flexibility index (Phi) is 15.3. The number of fused-ring (bicyclic) bond motifs is 1. The summed E-state index contributed by atoms with van der Waals surface area (Å²) in [4.78, 5) is 80.7. The molecule has 344 valence electrons. The molecular formula is C46H55ClN10O7S. The van der Waals surface area contributed by atoms with Crippen molar-refractivity contribution >= 4 is 88.0 Å². The summed E-state index contributed by atoms with van der Waals surface area (Å²) in [7, 11) is 5.11. The van der Waals surface area contributed by atoms with Crippen LogP contribution in [-0.4, -0.2) is 140 Å². The molecule has 0 aliphatic carbocycles.